The standard InChI is InChI=1S/C28H23N2O4S/c29-28(32)24-11-6-12-25-27(24)23-14-13-19(17-31)15-26(23)30(25)16-20-7-4-5-8-21(20)18-35(33,34)22-9-2-1-3-10-22/h1-13,15,31H,16-18H2,(H2,29,32). The molecule has 0 aliphatic heterocycles. The molecule has 0 aliphatic rings. The molecule has 175 valence electrons. The summed E-state index contributed by atoms with van der Waals surface area (Å²) in [6.45, 7) is 0.216. The molecule has 0 saturated heterocycles. The summed E-state index contributed by atoms with van der Waals surface area (Å²) in [5.41, 5.74) is 9.83. The number of fused-ring (bicyclic) bond motifs is 3. The smallest absolute Gasteiger partial charge is 0.249 e. The van der Waals surface area contributed by atoms with E-state index in [1.807, 2.05) is 41.0 Å². The van der Waals surface area contributed by atoms with Gasteiger partial charge in [0, 0.05) is 22.9 Å². The van der Waals surface area contributed by atoms with Crippen molar-refractivity contribution in [2.75, 3.05) is 0 Å². The van der Waals surface area contributed by atoms with Gasteiger partial charge in [0.2, 0.25) is 5.91 Å². The molecule has 0 unspecified atom stereocenters. The molecule has 1 radical (unpaired) electrons. The number of sulfone groups is 1. The Morgan fingerprint density at radius 1 is 0.914 bits per heavy atom. The fourth-order valence-corrected chi connectivity index (χ4v) is 5.93. The molecule has 3 N–H and O–H groups in total. The molecule has 5 aromatic rings. The number of hydrogen-bond donors (Lipinski definition) is 2. The Labute approximate surface area is 203 Å². The van der Waals surface area contributed by atoms with Gasteiger partial charge in [0.15, 0.2) is 9.84 Å². The van der Waals surface area contributed by atoms with E-state index in [2.05, 4.69) is 6.07 Å². The minimum absolute atomic E-state index is 0.134. The second-order valence-corrected chi connectivity index (χ2v) is 10.4. The summed E-state index contributed by atoms with van der Waals surface area (Å²) in [5, 5.41) is 11.1. The third kappa shape index (κ3) is 4.20. The molecule has 7 heteroatoms. The zero-order valence-electron chi connectivity index (χ0n) is 18.8. The molecule has 4 aromatic carbocycles. The first-order chi connectivity index (χ1) is 16.9. The minimum atomic E-state index is -3.54. The van der Waals surface area contributed by atoms with Crippen molar-refractivity contribution >= 4 is 37.6 Å². The predicted octanol–water partition coefficient (Wildman–Crippen LogP) is 4.21. The number of aliphatic hydroxyl groups is 1. The average Bonchev–Trinajstić information content (AvgIpc) is 3.18. The zero-order valence-corrected chi connectivity index (χ0v) is 19.6. The van der Waals surface area contributed by atoms with Crippen LogP contribution in [0.3, 0.4) is 0 Å². The maximum absolute atomic E-state index is 13.1. The van der Waals surface area contributed by atoms with E-state index in [0.717, 1.165) is 22.0 Å². The first kappa shape index (κ1) is 22.8. The SMILES string of the molecule is NC(=O)c1cccc2c1c1[c]cc(CO)cc1n2Cc1ccccc1CS(=O)(=O)c1ccccc1. The number of benzene rings is 4. The summed E-state index contributed by atoms with van der Waals surface area (Å²) in [6.07, 6.45) is 0. The van der Waals surface area contributed by atoms with Gasteiger partial charge < -0.3 is 15.4 Å². The van der Waals surface area contributed by atoms with Gasteiger partial charge in [-0.05, 0) is 59.2 Å². The van der Waals surface area contributed by atoms with Crippen molar-refractivity contribution in [1.29, 1.82) is 0 Å². The summed E-state index contributed by atoms with van der Waals surface area (Å²) in [6, 6.07) is 28.0. The van der Waals surface area contributed by atoms with E-state index < -0.39 is 15.7 Å². The van der Waals surface area contributed by atoms with Crippen LogP contribution < -0.4 is 5.73 Å². The lowest BCUT2D eigenvalue weighted by Gasteiger charge is -2.14. The number of primary amides is 1. The van der Waals surface area contributed by atoms with E-state index >= 15 is 0 Å². The first-order valence-electron chi connectivity index (χ1n) is 11.1. The largest absolute Gasteiger partial charge is 0.392 e. The first-order valence-corrected chi connectivity index (χ1v) is 12.7. The highest BCUT2D eigenvalue weighted by molar-refractivity contribution is 7.90. The van der Waals surface area contributed by atoms with Crippen LogP contribution in [0.25, 0.3) is 21.8 Å². The summed E-state index contributed by atoms with van der Waals surface area (Å²) in [4.78, 5) is 12.5. The Morgan fingerprint density at radius 3 is 2.34 bits per heavy atom. The highest BCUT2D eigenvalue weighted by Gasteiger charge is 2.20. The van der Waals surface area contributed by atoms with E-state index in [4.69, 9.17) is 5.73 Å². The van der Waals surface area contributed by atoms with Crippen LogP contribution in [0.5, 0.6) is 0 Å². The van der Waals surface area contributed by atoms with Crippen LogP contribution in [0.15, 0.2) is 89.8 Å². The molecule has 0 spiro atoms. The number of nitrogens with two attached hydrogens (primary N) is 1. The number of aliphatic hydroxyl groups excluding tert-OH is 1. The third-order valence-electron chi connectivity index (χ3n) is 6.20. The van der Waals surface area contributed by atoms with Crippen molar-refractivity contribution in [2.24, 2.45) is 5.73 Å². The average molecular weight is 484 g/mol. The zero-order chi connectivity index (χ0) is 24.6. The molecular weight excluding hydrogens is 460 g/mol. The molecule has 5 rings (SSSR count). The molecule has 35 heavy (non-hydrogen) atoms. The van der Waals surface area contributed by atoms with Crippen molar-refractivity contribution in [1.82, 2.24) is 4.57 Å². The Bertz CT molecular complexity index is 1670. The number of hydrogen-bond acceptors (Lipinski definition) is 4. The van der Waals surface area contributed by atoms with Crippen LogP contribution >= 0.6 is 0 Å². The summed E-state index contributed by atoms with van der Waals surface area (Å²) >= 11 is 0. The van der Waals surface area contributed by atoms with E-state index in [-0.39, 0.29) is 17.3 Å². The van der Waals surface area contributed by atoms with Crippen LogP contribution in [0, 0.1) is 6.07 Å². The molecule has 0 bridgehead atoms. The van der Waals surface area contributed by atoms with Gasteiger partial charge in [-0.1, -0.05) is 48.5 Å². The van der Waals surface area contributed by atoms with Crippen molar-refractivity contribution in [2.45, 2.75) is 23.8 Å². The molecular formula is C28H23N2O4S. The normalized spacial score (nSPS) is 11.8. The summed E-state index contributed by atoms with van der Waals surface area (Å²) in [7, 11) is -3.54. The lowest BCUT2D eigenvalue weighted by molar-refractivity contribution is 0.100. The molecule has 1 aromatic heterocycles. The van der Waals surface area contributed by atoms with Gasteiger partial charge in [-0.3, -0.25) is 4.79 Å². The molecule has 6 nitrogen and oxygen atoms in total. The number of rotatable bonds is 7. The predicted molar refractivity (Wildman–Crippen MR) is 136 cm³/mol. The fourth-order valence-electron chi connectivity index (χ4n) is 4.50. The molecule has 1 amide bonds. The Kier molecular flexibility index (Phi) is 5.88. The highest BCUT2D eigenvalue weighted by atomic mass is 32.2. The Hall–Kier alpha value is -3.94. The maximum atomic E-state index is 13.1. The van der Waals surface area contributed by atoms with E-state index in [1.54, 1.807) is 48.5 Å². The van der Waals surface area contributed by atoms with Gasteiger partial charge in [0.25, 0.3) is 0 Å². The van der Waals surface area contributed by atoms with Gasteiger partial charge in [0.1, 0.15) is 0 Å². The van der Waals surface area contributed by atoms with Crippen molar-refractivity contribution in [3.05, 3.63) is 113 Å². The van der Waals surface area contributed by atoms with Gasteiger partial charge in [-0.2, -0.15) is 0 Å². The van der Waals surface area contributed by atoms with Crippen LogP contribution in [0.2, 0.25) is 0 Å². The Morgan fingerprint density at radius 2 is 1.63 bits per heavy atom. The third-order valence-corrected chi connectivity index (χ3v) is 7.88. The molecule has 0 saturated carbocycles. The van der Waals surface area contributed by atoms with E-state index in [9.17, 15) is 18.3 Å². The van der Waals surface area contributed by atoms with Crippen LogP contribution in [0.4, 0.5) is 0 Å². The van der Waals surface area contributed by atoms with Gasteiger partial charge in [-0.25, -0.2) is 8.42 Å². The number of amides is 1. The van der Waals surface area contributed by atoms with Crippen molar-refractivity contribution in [3.8, 4) is 0 Å². The van der Waals surface area contributed by atoms with Crippen LogP contribution in [-0.4, -0.2) is 24.0 Å². The second kappa shape index (κ2) is 9.02. The molecule has 0 atom stereocenters. The summed E-state index contributed by atoms with van der Waals surface area (Å²) in [5.74, 6) is -0.672. The maximum Gasteiger partial charge on any atom is 0.249 e. The fraction of sp³-hybridized carbons (Fsp3) is 0.107. The lowest BCUT2D eigenvalue weighted by Crippen LogP contribution is -2.11. The van der Waals surface area contributed by atoms with Crippen molar-refractivity contribution < 1.29 is 18.3 Å². The number of carbonyl (C=O) groups is 1. The van der Waals surface area contributed by atoms with Gasteiger partial charge in [0.05, 0.1) is 28.3 Å². The molecule has 1 heterocycles. The minimum Gasteiger partial charge on any atom is -0.392 e. The number of carbonyl (C=O) groups excluding carboxylic acids is 1. The van der Waals surface area contributed by atoms with E-state index in [1.165, 1.54) is 0 Å². The van der Waals surface area contributed by atoms with Crippen molar-refractivity contribution in [3.63, 3.8) is 0 Å². The monoisotopic (exact) mass is 483 g/mol. The number of aromatic nitrogens is 1. The lowest BCUT2D eigenvalue weighted by atomic mass is 10.0. The van der Waals surface area contributed by atoms with Gasteiger partial charge in [-0.15, -0.1) is 0 Å². The Balaban J connectivity index is 1.67. The summed E-state index contributed by atoms with van der Waals surface area (Å²) < 4.78 is 28.2. The van der Waals surface area contributed by atoms with Crippen LogP contribution in [-0.2, 0) is 28.7 Å². The quantitative estimate of drug-likeness (QED) is 0.362. The van der Waals surface area contributed by atoms with Gasteiger partial charge >= 0.3 is 0 Å². The highest BCUT2D eigenvalue weighted by Crippen LogP contribution is 2.33. The molecule has 0 aliphatic carbocycles. The van der Waals surface area contributed by atoms with E-state index in [0.29, 0.717) is 28.6 Å². The second-order valence-electron chi connectivity index (χ2n) is 8.42. The van der Waals surface area contributed by atoms with Crippen LogP contribution in [0.1, 0.15) is 27.0 Å². The number of nitrogens with zero attached hydrogens (tertiary/aromatic N) is 1. The topological polar surface area (TPSA) is 102 Å². The molecule has 0 fully saturated rings.